The van der Waals surface area contributed by atoms with Crippen molar-refractivity contribution in [2.24, 2.45) is 10.7 Å². The Morgan fingerprint density at radius 2 is 2.33 bits per heavy atom. The van der Waals surface area contributed by atoms with E-state index in [1.54, 1.807) is 6.92 Å². The first-order valence-electron chi connectivity index (χ1n) is 5.62. The predicted molar refractivity (Wildman–Crippen MR) is 62.4 cm³/mol. The summed E-state index contributed by atoms with van der Waals surface area (Å²) in [4.78, 5) is 4.05. The second kappa shape index (κ2) is 5.20. The number of halogens is 2. The molecule has 1 aliphatic heterocycles. The van der Waals surface area contributed by atoms with E-state index in [2.05, 4.69) is 4.99 Å². The summed E-state index contributed by atoms with van der Waals surface area (Å²) in [6, 6.07) is 3.30. The first-order chi connectivity index (χ1) is 8.54. The van der Waals surface area contributed by atoms with Crippen LogP contribution in [0.4, 0.5) is 8.78 Å². The highest BCUT2D eigenvalue weighted by molar-refractivity contribution is 5.73. The molecule has 98 valence electrons. The van der Waals surface area contributed by atoms with Gasteiger partial charge in [-0.05, 0) is 19.1 Å². The van der Waals surface area contributed by atoms with Crippen LogP contribution in [0.5, 0.6) is 5.75 Å². The summed E-state index contributed by atoms with van der Waals surface area (Å²) in [5.74, 6) is -1.32. The molecular formula is C12H14F2N2O2. The van der Waals surface area contributed by atoms with Crippen LogP contribution in [0.15, 0.2) is 23.2 Å². The molecule has 0 bridgehead atoms. The highest BCUT2D eigenvalue weighted by atomic mass is 19.1. The lowest BCUT2D eigenvalue weighted by molar-refractivity contribution is 0.182. The maximum Gasteiger partial charge on any atom is 0.282 e. The van der Waals surface area contributed by atoms with Gasteiger partial charge in [0.15, 0.2) is 11.6 Å². The van der Waals surface area contributed by atoms with E-state index in [9.17, 15) is 8.78 Å². The van der Waals surface area contributed by atoms with Gasteiger partial charge in [-0.15, -0.1) is 0 Å². The molecule has 0 spiro atoms. The van der Waals surface area contributed by atoms with Crippen molar-refractivity contribution in [2.75, 3.05) is 6.61 Å². The monoisotopic (exact) mass is 256 g/mol. The Bertz CT molecular complexity index is 465. The molecule has 2 rings (SSSR count). The fourth-order valence-corrected chi connectivity index (χ4v) is 1.78. The van der Waals surface area contributed by atoms with Crippen molar-refractivity contribution in [2.45, 2.75) is 25.5 Å². The van der Waals surface area contributed by atoms with Crippen LogP contribution in [-0.4, -0.2) is 24.8 Å². The van der Waals surface area contributed by atoms with E-state index in [4.69, 9.17) is 15.2 Å². The molecule has 1 heterocycles. The van der Waals surface area contributed by atoms with Crippen LogP contribution in [0.3, 0.4) is 0 Å². The summed E-state index contributed by atoms with van der Waals surface area (Å²) < 4.78 is 36.5. The van der Waals surface area contributed by atoms with Crippen molar-refractivity contribution in [1.82, 2.24) is 0 Å². The second-order valence-corrected chi connectivity index (χ2v) is 4.17. The van der Waals surface area contributed by atoms with Gasteiger partial charge in [-0.3, -0.25) is 0 Å². The van der Waals surface area contributed by atoms with Crippen molar-refractivity contribution in [3.63, 3.8) is 0 Å². The molecular weight excluding hydrogens is 242 g/mol. The first kappa shape index (κ1) is 12.6. The van der Waals surface area contributed by atoms with Crippen molar-refractivity contribution >= 4 is 6.02 Å². The van der Waals surface area contributed by atoms with Crippen LogP contribution in [0.1, 0.15) is 13.3 Å². The van der Waals surface area contributed by atoms with Gasteiger partial charge < -0.3 is 15.2 Å². The molecule has 0 aliphatic carbocycles. The number of amidine groups is 1. The Morgan fingerprint density at radius 3 is 2.94 bits per heavy atom. The molecule has 0 unspecified atom stereocenters. The quantitative estimate of drug-likeness (QED) is 0.894. The molecule has 6 heteroatoms. The van der Waals surface area contributed by atoms with Crippen LogP contribution in [-0.2, 0) is 4.74 Å². The topological polar surface area (TPSA) is 56.8 Å². The second-order valence-electron chi connectivity index (χ2n) is 4.17. The molecule has 2 atom stereocenters. The summed E-state index contributed by atoms with van der Waals surface area (Å²) in [5, 5.41) is 0. The van der Waals surface area contributed by atoms with Gasteiger partial charge in [0.05, 0.1) is 12.1 Å². The minimum atomic E-state index is -0.715. The summed E-state index contributed by atoms with van der Waals surface area (Å²) >= 11 is 0. The SMILES string of the molecule is C[C@@H](C[C@H]1COC(N)=N1)Oc1ccc(F)cc1F. The summed E-state index contributed by atoms with van der Waals surface area (Å²) in [6.45, 7) is 2.19. The molecule has 0 fully saturated rings. The van der Waals surface area contributed by atoms with Gasteiger partial charge in [0.2, 0.25) is 0 Å². The molecule has 0 saturated heterocycles. The van der Waals surface area contributed by atoms with Gasteiger partial charge in [-0.25, -0.2) is 13.8 Å². The number of aliphatic imine (C=N–C) groups is 1. The standard InChI is InChI=1S/C12H14F2N2O2/c1-7(4-9-6-17-12(15)16-9)18-11-3-2-8(13)5-10(11)14/h2-3,5,7,9H,4,6H2,1H3,(H2,15,16)/t7-,9-/m0/s1. The predicted octanol–water partition coefficient (Wildman–Crippen LogP) is 1.84. The van der Waals surface area contributed by atoms with E-state index >= 15 is 0 Å². The Kier molecular flexibility index (Phi) is 3.64. The van der Waals surface area contributed by atoms with E-state index in [0.29, 0.717) is 13.0 Å². The summed E-state index contributed by atoms with van der Waals surface area (Å²) in [6.07, 6.45) is 0.283. The average Bonchev–Trinajstić information content (AvgIpc) is 2.68. The van der Waals surface area contributed by atoms with Gasteiger partial charge >= 0.3 is 0 Å². The van der Waals surface area contributed by atoms with Crippen molar-refractivity contribution in [3.05, 3.63) is 29.8 Å². The van der Waals surface area contributed by atoms with Crippen LogP contribution in [0.25, 0.3) is 0 Å². The zero-order chi connectivity index (χ0) is 13.1. The van der Waals surface area contributed by atoms with Crippen molar-refractivity contribution < 1.29 is 18.3 Å². The van der Waals surface area contributed by atoms with Crippen molar-refractivity contribution in [3.8, 4) is 5.75 Å². The number of hydrogen-bond acceptors (Lipinski definition) is 4. The molecule has 2 N–H and O–H groups in total. The Labute approximate surface area is 103 Å². The van der Waals surface area contributed by atoms with Gasteiger partial charge in [0.1, 0.15) is 12.4 Å². The van der Waals surface area contributed by atoms with Crippen LogP contribution in [0.2, 0.25) is 0 Å². The van der Waals surface area contributed by atoms with Crippen LogP contribution in [0, 0.1) is 11.6 Å². The van der Waals surface area contributed by atoms with Gasteiger partial charge in [-0.1, -0.05) is 0 Å². The fourth-order valence-electron chi connectivity index (χ4n) is 1.78. The molecule has 0 amide bonds. The Balaban J connectivity index is 1.92. The lowest BCUT2D eigenvalue weighted by Gasteiger charge is -2.16. The van der Waals surface area contributed by atoms with E-state index in [0.717, 1.165) is 12.1 Å². The fraction of sp³-hybridized carbons (Fsp3) is 0.417. The number of hydrogen-bond donors (Lipinski definition) is 1. The molecule has 0 radical (unpaired) electrons. The Hall–Kier alpha value is -1.85. The maximum atomic E-state index is 13.3. The number of nitrogens with zero attached hydrogens (tertiary/aromatic N) is 1. The molecule has 4 nitrogen and oxygen atoms in total. The maximum absolute atomic E-state index is 13.3. The summed E-state index contributed by atoms with van der Waals surface area (Å²) in [5.41, 5.74) is 5.38. The number of rotatable bonds is 4. The lowest BCUT2D eigenvalue weighted by atomic mass is 10.1. The first-order valence-corrected chi connectivity index (χ1v) is 5.62. The minimum Gasteiger partial charge on any atom is -0.488 e. The zero-order valence-electron chi connectivity index (χ0n) is 9.90. The van der Waals surface area contributed by atoms with Crippen molar-refractivity contribution in [1.29, 1.82) is 0 Å². The largest absolute Gasteiger partial charge is 0.488 e. The van der Waals surface area contributed by atoms with Gasteiger partial charge in [0, 0.05) is 12.5 Å². The van der Waals surface area contributed by atoms with Gasteiger partial charge in [-0.2, -0.15) is 0 Å². The van der Waals surface area contributed by atoms with Crippen LogP contribution < -0.4 is 10.5 Å². The van der Waals surface area contributed by atoms with E-state index in [1.165, 1.54) is 6.07 Å². The van der Waals surface area contributed by atoms with E-state index in [1.807, 2.05) is 0 Å². The highest BCUT2D eigenvalue weighted by Crippen LogP contribution is 2.21. The van der Waals surface area contributed by atoms with Crippen LogP contribution >= 0.6 is 0 Å². The molecule has 18 heavy (non-hydrogen) atoms. The molecule has 1 aromatic rings. The third-order valence-corrected chi connectivity index (χ3v) is 2.56. The number of nitrogens with two attached hydrogens (primary N) is 1. The molecule has 1 aromatic carbocycles. The third kappa shape index (κ3) is 3.09. The molecule has 0 aromatic heterocycles. The lowest BCUT2D eigenvalue weighted by Crippen LogP contribution is -2.20. The molecule has 1 aliphatic rings. The van der Waals surface area contributed by atoms with E-state index < -0.39 is 11.6 Å². The number of ether oxygens (including phenoxy) is 2. The Morgan fingerprint density at radius 1 is 1.56 bits per heavy atom. The summed E-state index contributed by atoms with van der Waals surface area (Å²) in [7, 11) is 0. The molecule has 0 saturated carbocycles. The average molecular weight is 256 g/mol. The van der Waals surface area contributed by atoms with E-state index in [-0.39, 0.29) is 23.9 Å². The minimum absolute atomic E-state index is 0.0276. The smallest absolute Gasteiger partial charge is 0.282 e. The number of benzene rings is 1. The normalized spacial score (nSPS) is 20.2. The third-order valence-electron chi connectivity index (χ3n) is 2.56. The zero-order valence-corrected chi connectivity index (χ0v) is 9.90. The van der Waals surface area contributed by atoms with Gasteiger partial charge in [0.25, 0.3) is 6.02 Å². The highest BCUT2D eigenvalue weighted by Gasteiger charge is 2.20.